The Morgan fingerprint density at radius 1 is 1.19 bits per heavy atom. The van der Waals surface area contributed by atoms with Gasteiger partial charge in [0.25, 0.3) is 0 Å². The molecule has 2 aromatic heterocycles. The molecule has 0 spiro atoms. The van der Waals surface area contributed by atoms with Gasteiger partial charge in [-0.25, -0.2) is 0 Å². The summed E-state index contributed by atoms with van der Waals surface area (Å²) in [6.07, 6.45) is 4.65. The van der Waals surface area contributed by atoms with Gasteiger partial charge in [0, 0.05) is 43.8 Å². The van der Waals surface area contributed by atoms with Crippen molar-refractivity contribution in [3.05, 3.63) is 35.9 Å². The lowest BCUT2D eigenvalue weighted by molar-refractivity contribution is -0.126. The van der Waals surface area contributed by atoms with Gasteiger partial charge in [-0.2, -0.15) is 4.98 Å². The van der Waals surface area contributed by atoms with Crippen LogP contribution in [-0.4, -0.2) is 29.3 Å². The predicted octanol–water partition coefficient (Wildman–Crippen LogP) is 2.71. The zero-order chi connectivity index (χ0) is 17.7. The Morgan fingerprint density at radius 3 is 2.58 bits per heavy atom. The minimum Gasteiger partial charge on any atom is -0.465 e. The lowest BCUT2D eigenvalue weighted by atomic mass is 9.88. The lowest BCUT2D eigenvalue weighted by Crippen LogP contribution is -2.50. The van der Waals surface area contributed by atoms with Gasteiger partial charge in [-0.15, -0.1) is 0 Å². The summed E-state index contributed by atoms with van der Waals surface area (Å²) in [7, 11) is 0. The van der Waals surface area contributed by atoms with Gasteiger partial charge in [0.2, 0.25) is 12.3 Å². The molecule has 1 amide bonds. The van der Waals surface area contributed by atoms with Crippen molar-refractivity contribution in [1.82, 2.24) is 15.5 Å². The Kier molecular flexibility index (Phi) is 3.67. The zero-order valence-corrected chi connectivity index (χ0v) is 14.8. The highest BCUT2D eigenvalue weighted by molar-refractivity contribution is 5.83. The van der Waals surface area contributed by atoms with Crippen molar-refractivity contribution in [3.63, 3.8) is 0 Å². The predicted molar refractivity (Wildman–Crippen MR) is 90.2 cm³/mol. The molecule has 3 fully saturated rings. The van der Waals surface area contributed by atoms with E-state index in [1.54, 1.807) is 0 Å². The summed E-state index contributed by atoms with van der Waals surface area (Å²) in [6, 6.07) is 4.12. The summed E-state index contributed by atoms with van der Waals surface area (Å²) >= 11 is 0. The number of rotatable bonds is 5. The summed E-state index contributed by atoms with van der Waals surface area (Å²) in [5.41, 5.74) is -0.590. The third-order valence-electron chi connectivity index (χ3n) is 6.11. The topological polar surface area (TPSA) is 90.4 Å². The molecular formula is C19H23N3O4. The van der Waals surface area contributed by atoms with Crippen molar-refractivity contribution in [2.24, 2.45) is 11.8 Å². The van der Waals surface area contributed by atoms with E-state index in [2.05, 4.69) is 28.4 Å². The first-order chi connectivity index (χ1) is 12.7. The zero-order valence-electron chi connectivity index (χ0n) is 14.8. The maximum atomic E-state index is 12.9. The van der Waals surface area contributed by atoms with Crippen LogP contribution >= 0.6 is 0 Å². The number of carbonyl (C=O) groups excluding carboxylic acids is 1. The second kappa shape index (κ2) is 5.94. The molecule has 2 saturated carbocycles. The molecule has 0 bridgehead atoms. The molecule has 2 aromatic rings. The maximum Gasteiger partial charge on any atom is 0.224 e. The third-order valence-corrected chi connectivity index (χ3v) is 6.11. The molecule has 1 aliphatic heterocycles. The van der Waals surface area contributed by atoms with Gasteiger partial charge >= 0.3 is 0 Å². The number of carbonyl (C=O) groups is 1. The Bertz CT molecular complexity index is 794. The van der Waals surface area contributed by atoms with E-state index in [1.165, 1.54) is 12.8 Å². The fraction of sp³-hybridized carbons (Fsp3) is 0.632. The molecule has 1 N–H and O–H groups in total. The fourth-order valence-corrected chi connectivity index (χ4v) is 4.12. The van der Waals surface area contributed by atoms with Crippen LogP contribution in [0.1, 0.15) is 61.8 Å². The summed E-state index contributed by atoms with van der Waals surface area (Å²) in [5.74, 6) is 4.02. The molecule has 0 aromatic carbocycles. The van der Waals surface area contributed by atoms with Crippen molar-refractivity contribution in [3.8, 4) is 0 Å². The van der Waals surface area contributed by atoms with Crippen molar-refractivity contribution >= 4 is 5.91 Å². The summed E-state index contributed by atoms with van der Waals surface area (Å²) in [4.78, 5) is 17.1. The Hall–Kier alpha value is -2.15. The van der Waals surface area contributed by atoms with Gasteiger partial charge in [-0.05, 0) is 30.9 Å². The average molecular weight is 357 g/mol. The number of amides is 1. The van der Waals surface area contributed by atoms with Crippen LogP contribution in [0.5, 0.6) is 0 Å². The average Bonchev–Trinajstić information content (AvgIpc) is 3.44. The van der Waals surface area contributed by atoms with Gasteiger partial charge < -0.3 is 19.0 Å². The van der Waals surface area contributed by atoms with Crippen molar-refractivity contribution < 1.29 is 18.5 Å². The van der Waals surface area contributed by atoms with E-state index in [4.69, 9.17) is 13.7 Å². The summed E-state index contributed by atoms with van der Waals surface area (Å²) in [5, 5.41) is 7.18. The van der Waals surface area contributed by atoms with Crippen LogP contribution in [-0.2, 0) is 15.1 Å². The number of nitrogens with one attached hydrogen (secondary N) is 1. The van der Waals surface area contributed by atoms with E-state index in [9.17, 15) is 4.79 Å². The molecule has 3 aliphatic rings. The van der Waals surface area contributed by atoms with Crippen LogP contribution in [0.15, 0.2) is 27.5 Å². The largest absolute Gasteiger partial charge is 0.465 e. The van der Waals surface area contributed by atoms with Crippen LogP contribution in [0.3, 0.4) is 0 Å². The molecule has 2 aliphatic carbocycles. The maximum absolute atomic E-state index is 12.9. The molecule has 0 radical (unpaired) electrons. The van der Waals surface area contributed by atoms with Crippen LogP contribution in [0.4, 0.5) is 0 Å². The minimum absolute atomic E-state index is 0.0411. The SMILES string of the molecule is CC1CC1c1ccc(C2CC2C(=O)NC2(c3ncon3)CCOCC2)o1. The summed E-state index contributed by atoms with van der Waals surface area (Å²) in [6.45, 7) is 3.39. The number of aromatic nitrogens is 2. The number of hydrogen-bond donors (Lipinski definition) is 1. The molecule has 4 atom stereocenters. The monoisotopic (exact) mass is 357 g/mol. The highest BCUT2D eigenvalue weighted by Gasteiger charge is 2.50. The van der Waals surface area contributed by atoms with Crippen LogP contribution < -0.4 is 5.32 Å². The van der Waals surface area contributed by atoms with E-state index in [1.807, 2.05) is 6.07 Å². The second-order valence-corrected chi connectivity index (χ2v) is 7.95. The van der Waals surface area contributed by atoms with Crippen LogP contribution in [0.2, 0.25) is 0 Å². The van der Waals surface area contributed by atoms with E-state index < -0.39 is 5.54 Å². The first-order valence-corrected chi connectivity index (χ1v) is 9.42. The quantitative estimate of drug-likeness (QED) is 0.885. The molecule has 138 valence electrons. The molecule has 1 saturated heterocycles. The molecule has 3 heterocycles. The van der Waals surface area contributed by atoms with Gasteiger partial charge in [0.05, 0.1) is 0 Å². The van der Waals surface area contributed by atoms with Gasteiger partial charge in [-0.3, -0.25) is 4.79 Å². The van der Waals surface area contributed by atoms with Crippen molar-refractivity contribution in [2.75, 3.05) is 13.2 Å². The first kappa shape index (κ1) is 16.1. The summed E-state index contributed by atoms with van der Waals surface area (Å²) < 4.78 is 16.4. The number of hydrogen-bond acceptors (Lipinski definition) is 6. The lowest BCUT2D eigenvalue weighted by Gasteiger charge is -2.35. The van der Waals surface area contributed by atoms with Crippen molar-refractivity contribution in [1.29, 1.82) is 0 Å². The highest BCUT2D eigenvalue weighted by Crippen LogP contribution is 2.52. The standard InChI is InChI=1S/C19H23N3O4/c1-11-8-12(11)15-2-3-16(26-15)13-9-14(13)17(23)21-19(4-6-24-7-5-19)18-20-10-25-22-18/h2-3,10-14H,4-9H2,1H3,(H,21,23). The van der Waals surface area contributed by atoms with Crippen LogP contribution in [0.25, 0.3) is 0 Å². The van der Waals surface area contributed by atoms with Crippen LogP contribution in [0, 0.1) is 11.8 Å². The molecule has 5 rings (SSSR count). The van der Waals surface area contributed by atoms with E-state index in [0.29, 0.717) is 37.8 Å². The minimum atomic E-state index is -0.590. The molecule has 7 heteroatoms. The van der Waals surface area contributed by atoms with Gasteiger partial charge in [0.15, 0.2) is 5.82 Å². The smallest absolute Gasteiger partial charge is 0.224 e. The second-order valence-electron chi connectivity index (χ2n) is 7.95. The van der Waals surface area contributed by atoms with Gasteiger partial charge in [-0.1, -0.05) is 12.1 Å². The number of nitrogens with zero attached hydrogens (tertiary/aromatic N) is 2. The van der Waals surface area contributed by atoms with E-state index in [0.717, 1.165) is 23.9 Å². The fourth-order valence-electron chi connectivity index (χ4n) is 4.12. The van der Waals surface area contributed by atoms with E-state index >= 15 is 0 Å². The molecule has 4 unspecified atom stereocenters. The molecule has 7 nitrogen and oxygen atoms in total. The Labute approximate surface area is 151 Å². The normalized spacial score (nSPS) is 32.2. The van der Waals surface area contributed by atoms with Crippen molar-refractivity contribution in [2.45, 2.75) is 50.0 Å². The highest BCUT2D eigenvalue weighted by atomic mass is 16.5. The molecule has 26 heavy (non-hydrogen) atoms. The molecular weight excluding hydrogens is 334 g/mol. The third kappa shape index (κ3) is 2.74. The Balaban J connectivity index is 1.27. The first-order valence-electron chi connectivity index (χ1n) is 9.42. The number of ether oxygens (including phenoxy) is 1. The van der Waals surface area contributed by atoms with Gasteiger partial charge in [0.1, 0.15) is 17.1 Å². The Morgan fingerprint density at radius 2 is 1.92 bits per heavy atom. The number of furan rings is 1. The van der Waals surface area contributed by atoms with E-state index in [-0.39, 0.29) is 17.7 Å².